The van der Waals surface area contributed by atoms with E-state index in [4.69, 9.17) is 23.2 Å². The molecule has 3 N–H and O–H groups in total. The van der Waals surface area contributed by atoms with Gasteiger partial charge in [-0.3, -0.25) is 24.8 Å². The molecule has 0 saturated carbocycles. The summed E-state index contributed by atoms with van der Waals surface area (Å²) in [7, 11) is 0. The van der Waals surface area contributed by atoms with Crippen molar-refractivity contribution >= 4 is 58.2 Å². The summed E-state index contributed by atoms with van der Waals surface area (Å²) in [5.41, 5.74) is 1.30. The van der Waals surface area contributed by atoms with E-state index < -0.39 is 11.0 Å². The third kappa shape index (κ3) is 6.93. The van der Waals surface area contributed by atoms with Gasteiger partial charge in [-0.15, -0.1) is 5.10 Å². The summed E-state index contributed by atoms with van der Waals surface area (Å²) in [4.78, 5) is 39.9. The molecule has 0 aliphatic rings. The number of hydrogen-bond acceptors (Lipinski definition) is 7. The Kier molecular flexibility index (Phi) is 8.71. The van der Waals surface area contributed by atoms with Gasteiger partial charge in [0.05, 0.1) is 27.3 Å². The van der Waals surface area contributed by atoms with E-state index in [0.717, 1.165) is 11.8 Å². The fourth-order valence-electron chi connectivity index (χ4n) is 3.12. The largest absolute Gasteiger partial charge is 0.342 e. The van der Waals surface area contributed by atoms with Crippen molar-refractivity contribution in [3.05, 3.63) is 73.5 Å². The van der Waals surface area contributed by atoms with Crippen molar-refractivity contribution < 1.29 is 14.5 Å². The van der Waals surface area contributed by atoms with E-state index in [1.165, 1.54) is 24.3 Å². The molecule has 10 nitrogen and oxygen atoms in total. The number of rotatable bonds is 9. The van der Waals surface area contributed by atoms with Crippen molar-refractivity contribution in [3.63, 3.8) is 0 Å². The highest BCUT2D eigenvalue weighted by Crippen LogP contribution is 2.25. The molecule has 35 heavy (non-hydrogen) atoms. The zero-order valence-electron chi connectivity index (χ0n) is 19.0. The fraction of sp³-hybridized carbons (Fsp3) is 0.273. The molecular formula is C22H22Cl2N6O4S. The number of nitro groups is 1. The number of aromatic amines is 1. The number of H-pyrrole nitrogens is 1. The first-order valence-electron chi connectivity index (χ1n) is 10.4. The topological polar surface area (TPSA) is 143 Å². The van der Waals surface area contributed by atoms with Gasteiger partial charge in [0.2, 0.25) is 11.1 Å². The fourth-order valence-corrected chi connectivity index (χ4v) is 4.22. The Bertz CT molecular complexity index is 1270. The van der Waals surface area contributed by atoms with Crippen LogP contribution in [0.15, 0.2) is 41.6 Å². The van der Waals surface area contributed by atoms with Crippen molar-refractivity contribution in [1.29, 1.82) is 0 Å². The molecule has 2 aromatic carbocycles. The Morgan fingerprint density at radius 3 is 2.57 bits per heavy atom. The number of non-ortho nitro benzene ring substituents is 1. The molecule has 0 unspecified atom stereocenters. The van der Waals surface area contributed by atoms with E-state index in [0.29, 0.717) is 27.3 Å². The third-order valence-corrected chi connectivity index (χ3v) is 6.33. The van der Waals surface area contributed by atoms with Crippen LogP contribution in [0.25, 0.3) is 0 Å². The summed E-state index contributed by atoms with van der Waals surface area (Å²) in [6.07, 6.45) is 0. The maximum Gasteiger partial charge on any atom is 0.269 e. The summed E-state index contributed by atoms with van der Waals surface area (Å²) < 4.78 is 0. The first-order chi connectivity index (χ1) is 16.5. The lowest BCUT2D eigenvalue weighted by Crippen LogP contribution is -2.32. The van der Waals surface area contributed by atoms with Gasteiger partial charge in [0.15, 0.2) is 0 Å². The number of aromatic nitrogens is 3. The smallest absolute Gasteiger partial charge is 0.269 e. The average molecular weight is 537 g/mol. The van der Waals surface area contributed by atoms with E-state index in [2.05, 4.69) is 25.8 Å². The van der Waals surface area contributed by atoms with Gasteiger partial charge in [0.25, 0.3) is 11.6 Å². The van der Waals surface area contributed by atoms with Crippen molar-refractivity contribution in [1.82, 2.24) is 20.5 Å². The number of benzene rings is 2. The number of amides is 2. The van der Waals surface area contributed by atoms with Crippen LogP contribution >= 0.6 is 35.0 Å². The minimum absolute atomic E-state index is 0.0206. The lowest BCUT2D eigenvalue weighted by atomic mass is 10.0. The molecule has 0 radical (unpaired) electrons. The predicted molar refractivity (Wildman–Crippen MR) is 135 cm³/mol. The number of carbonyl (C=O) groups is 2. The molecule has 1 atom stereocenters. The molecule has 0 spiro atoms. The SMILES string of the molecule is Cc1cc([N+](=O)[O-])ccc1NC(=O)CSc1n[nH]c([C@H](NC(=O)c2ccc(Cl)cc2Cl)C(C)C)n1. The molecule has 1 aromatic heterocycles. The number of hydrogen-bond donors (Lipinski definition) is 3. The number of aryl methyl sites for hydroxylation is 1. The van der Waals surface area contributed by atoms with Crippen molar-refractivity contribution in [3.8, 4) is 0 Å². The highest BCUT2D eigenvalue weighted by atomic mass is 35.5. The molecule has 3 rings (SSSR count). The first-order valence-corrected chi connectivity index (χ1v) is 12.1. The molecule has 0 fully saturated rings. The Morgan fingerprint density at radius 1 is 1.20 bits per heavy atom. The van der Waals surface area contributed by atoms with Crippen molar-refractivity contribution in [2.45, 2.75) is 32.0 Å². The standard InChI is InChI=1S/C22H22Cl2N6O4S/c1-11(2)19(26-21(32)15-6-4-13(23)9-16(15)24)20-27-22(29-28-20)35-10-18(31)25-17-7-5-14(30(33)34)8-12(17)3/h4-9,11,19H,10H2,1-3H3,(H,25,31)(H,26,32)(H,27,28,29)/t19-/m1/s1. The van der Waals surface area contributed by atoms with Gasteiger partial charge >= 0.3 is 0 Å². The van der Waals surface area contributed by atoms with Crippen LogP contribution in [0.5, 0.6) is 0 Å². The van der Waals surface area contributed by atoms with Crippen LogP contribution < -0.4 is 10.6 Å². The first kappa shape index (κ1) is 26.5. The van der Waals surface area contributed by atoms with Crippen molar-refractivity contribution in [2.24, 2.45) is 5.92 Å². The summed E-state index contributed by atoms with van der Waals surface area (Å²) >= 11 is 13.2. The van der Waals surface area contributed by atoms with E-state index >= 15 is 0 Å². The molecule has 0 bridgehead atoms. The van der Waals surface area contributed by atoms with E-state index in [1.54, 1.807) is 19.1 Å². The van der Waals surface area contributed by atoms with E-state index in [9.17, 15) is 19.7 Å². The summed E-state index contributed by atoms with van der Waals surface area (Å²) in [6.45, 7) is 5.52. The van der Waals surface area contributed by atoms with Gasteiger partial charge in [0.1, 0.15) is 5.82 Å². The van der Waals surface area contributed by atoms with Gasteiger partial charge in [0, 0.05) is 22.8 Å². The lowest BCUT2D eigenvalue weighted by molar-refractivity contribution is -0.384. The highest BCUT2D eigenvalue weighted by molar-refractivity contribution is 7.99. The number of nitro benzene ring substituents is 1. The molecule has 0 aliphatic heterocycles. The number of nitrogens with one attached hydrogen (secondary N) is 3. The summed E-state index contributed by atoms with van der Waals surface area (Å²) in [6, 6.07) is 8.35. The van der Waals surface area contributed by atoms with Crippen LogP contribution in [-0.4, -0.2) is 37.7 Å². The Morgan fingerprint density at radius 2 is 1.94 bits per heavy atom. The second kappa shape index (κ2) is 11.5. The third-order valence-electron chi connectivity index (χ3n) is 4.93. The highest BCUT2D eigenvalue weighted by Gasteiger charge is 2.24. The van der Waals surface area contributed by atoms with Gasteiger partial charge in [-0.1, -0.05) is 48.8 Å². The predicted octanol–water partition coefficient (Wildman–Crippen LogP) is 5.19. The minimum Gasteiger partial charge on any atom is -0.342 e. The van der Waals surface area contributed by atoms with Gasteiger partial charge in [-0.2, -0.15) is 0 Å². The number of anilines is 1. The second-order valence-corrected chi connectivity index (χ2v) is 9.70. The number of thioether (sulfide) groups is 1. The van der Waals surface area contributed by atoms with E-state index in [-0.39, 0.29) is 39.8 Å². The van der Waals surface area contributed by atoms with E-state index in [1.807, 2.05) is 13.8 Å². The molecule has 1 heterocycles. The molecular weight excluding hydrogens is 515 g/mol. The molecule has 184 valence electrons. The van der Waals surface area contributed by atoms with Crippen LogP contribution in [-0.2, 0) is 4.79 Å². The van der Waals surface area contributed by atoms with Crippen molar-refractivity contribution in [2.75, 3.05) is 11.1 Å². The van der Waals surface area contributed by atoms with Gasteiger partial charge in [-0.05, 0) is 42.7 Å². The second-order valence-electron chi connectivity index (χ2n) is 7.92. The monoisotopic (exact) mass is 536 g/mol. The van der Waals surface area contributed by atoms with Crippen LogP contribution in [0.3, 0.4) is 0 Å². The van der Waals surface area contributed by atoms with Crippen LogP contribution in [0.4, 0.5) is 11.4 Å². The number of halogens is 2. The van der Waals surface area contributed by atoms with Gasteiger partial charge in [-0.25, -0.2) is 4.98 Å². The Hall–Kier alpha value is -3.15. The Balaban J connectivity index is 1.62. The lowest BCUT2D eigenvalue weighted by Gasteiger charge is -2.20. The normalized spacial score (nSPS) is 11.8. The van der Waals surface area contributed by atoms with Crippen LogP contribution in [0, 0.1) is 23.0 Å². The average Bonchev–Trinajstić information content (AvgIpc) is 3.25. The zero-order chi connectivity index (χ0) is 25.7. The molecule has 0 saturated heterocycles. The molecule has 13 heteroatoms. The minimum atomic E-state index is -0.494. The van der Waals surface area contributed by atoms with Crippen LogP contribution in [0.2, 0.25) is 10.0 Å². The molecule has 2 amide bonds. The zero-order valence-corrected chi connectivity index (χ0v) is 21.3. The maximum atomic E-state index is 12.8. The maximum absolute atomic E-state index is 12.8. The number of nitrogens with zero attached hydrogens (tertiary/aromatic N) is 3. The quantitative estimate of drug-likeness (QED) is 0.194. The molecule has 0 aliphatic carbocycles. The number of carbonyl (C=O) groups excluding carboxylic acids is 2. The summed E-state index contributed by atoms with van der Waals surface area (Å²) in [5.74, 6) is -0.262. The van der Waals surface area contributed by atoms with Crippen LogP contribution in [0.1, 0.15) is 41.6 Å². The summed E-state index contributed by atoms with van der Waals surface area (Å²) in [5, 5.41) is 24.4. The Labute approximate surface area is 215 Å². The molecule has 3 aromatic rings. The van der Waals surface area contributed by atoms with Gasteiger partial charge < -0.3 is 10.6 Å².